The number of hydrogen-bond donors (Lipinski definition) is 4. The van der Waals surface area contributed by atoms with E-state index in [2.05, 4.69) is 0 Å². The van der Waals surface area contributed by atoms with Gasteiger partial charge in [-0.25, -0.2) is 18.1 Å². The maximum Gasteiger partial charge on any atom is 0.427 e. The third kappa shape index (κ3) is 4.44. The van der Waals surface area contributed by atoms with Gasteiger partial charge in [0.05, 0.1) is 5.57 Å². The van der Waals surface area contributed by atoms with Gasteiger partial charge in [0.2, 0.25) is 0 Å². The van der Waals surface area contributed by atoms with Crippen LogP contribution in [0.1, 0.15) is 5.56 Å². The summed E-state index contributed by atoms with van der Waals surface area (Å²) < 4.78 is 36.7. The van der Waals surface area contributed by atoms with Crippen LogP contribution < -0.4 is 5.09 Å². The zero-order chi connectivity index (χ0) is 14.6. The molecule has 104 valence electrons. The van der Waals surface area contributed by atoms with E-state index in [4.69, 9.17) is 14.9 Å². The molecule has 9 heteroatoms. The Bertz CT molecular complexity index is 540. The van der Waals surface area contributed by atoms with Gasteiger partial charge >= 0.3 is 13.7 Å². The zero-order valence-corrected chi connectivity index (χ0v) is 10.2. The van der Waals surface area contributed by atoms with Gasteiger partial charge in [-0.05, 0) is 5.56 Å². The molecule has 0 spiro atoms. The molecule has 4 N–H and O–H groups in total. The summed E-state index contributed by atoms with van der Waals surface area (Å²) in [6.45, 7) is 0. The third-order valence-electron chi connectivity index (χ3n) is 2.04. The molecule has 1 aromatic carbocycles. The molecule has 0 unspecified atom stereocenters. The third-order valence-corrected chi connectivity index (χ3v) is 2.56. The highest BCUT2D eigenvalue weighted by molar-refractivity contribution is 7.49. The second-order valence-corrected chi connectivity index (χ2v) is 4.73. The molecule has 0 bridgehead atoms. The first kappa shape index (κ1) is 15.3. The van der Waals surface area contributed by atoms with E-state index in [1.165, 1.54) is 35.4 Å². The van der Waals surface area contributed by atoms with Crippen molar-refractivity contribution in [2.45, 2.75) is 6.43 Å². The molecule has 0 heterocycles. The van der Waals surface area contributed by atoms with Crippen molar-refractivity contribution >= 4 is 19.3 Å². The van der Waals surface area contributed by atoms with Crippen molar-refractivity contribution in [2.24, 2.45) is 0 Å². The van der Waals surface area contributed by atoms with E-state index in [0.717, 1.165) is 0 Å². The fraction of sp³-hybridized carbons (Fsp3) is 0.100. The molecule has 0 saturated heterocycles. The summed E-state index contributed by atoms with van der Waals surface area (Å²) in [5.41, 5.74) is -2.36. The topological polar surface area (TPSA) is 107 Å². The zero-order valence-electron chi connectivity index (χ0n) is 9.33. The molecule has 0 fully saturated rings. The largest absolute Gasteiger partial charge is 0.477 e. The smallest absolute Gasteiger partial charge is 0.427 e. The molecule has 0 aliphatic rings. The number of benzene rings is 1. The van der Waals surface area contributed by atoms with Gasteiger partial charge in [-0.3, -0.25) is 5.09 Å². The number of rotatable bonds is 5. The van der Waals surface area contributed by atoms with E-state index in [-0.39, 0.29) is 5.56 Å². The highest BCUT2D eigenvalue weighted by Gasteiger charge is 2.28. The Morgan fingerprint density at radius 3 is 2.11 bits per heavy atom. The summed E-state index contributed by atoms with van der Waals surface area (Å²) in [6, 6.07) is 6.75. The van der Waals surface area contributed by atoms with Crippen LogP contribution in [0.25, 0.3) is 5.57 Å². The Morgan fingerprint density at radius 2 is 1.74 bits per heavy atom. The van der Waals surface area contributed by atoms with Gasteiger partial charge in [0.1, 0.15) is 5.70 Å². The Kier molecular flexibility index (Phi) is 4.77. The highest BCUT2D eigenvalue weighted by Crippen LogP contribution is 2.34. The molecule has 0 radical (unpaired) electrons. The first-order valence-electron chi connectivity index (χ1n) is 4.87. The number of nitrogens with one attached hydrogen (secondary N) is 1. The Hall–Kier alpha value is -1.76. The molecule has 0 aromatic heterocycles. The first-order chi connectivity index (χ1) is 8.72. The Morgan fingerprint density at radius 1 is 1.21 bits per heavy atom. The lowest BCUT2D eigenvalue weighted by atomic mass is 10.0. The van der Waals surface area contributed by atoms with Crippen molar-refractivity contribution in [1.29, 1.82) is 0 Å². The molecule has 6 nitrogen and oxygen atoms in total. The van der Waals surface area contributed by atoms with Gasteiger partial charge in [-0.15, -0.1) is 0 Å². The van der Waals surface area contributed by atoms with E-state index in [1.54, 1.807) is 0 Å². The summed E-state index contributed by atoms with van der Waals surface area (Å²) in [6.07, 6.45) is -3.22. The monoisotopic (exact) mass is 293 g/mol. The quantitative estimate of drug-likeness (QED) is 0.483. The minimum Gasteiger partial charge on any atom is -0.477 e. The molecule has 1 aromatic rings. The van der Waals surface area contributed by atoms with Crippen molar-refractivity contribution in [3.8, 4) is 0 Å². The normalized spacial score (nSPS) is 13.1. The van der Waals surface area contributed by atoms with Crippen molar-refractivity contribution in [3.05, 3.63) is 41.6 Å². The number of allylic oxidation sites excluding steroid dienone is 1. The van der Waals surface area contributed by atoms with Gasteiger partial charge in [-0.2, -0.15) is 0 Å². The molecule has 19 heavy (non-hydrogen) atoms. The van der Waals surface area contributed by atoms with Crippen molar-refractivity contribution < 1.29 is 33.0 Å². The van der Waals surface area contributed by atoms with Crippen LogP contribution in [0, 0.1) is 0 Å². The number of halogens is 2. The van der Waals surface area contributed by atoms with E-state index in [9.17, 15) is 18.1 Å². The standard InChI is InChI=1S/C10H10F2NO5P/c11-9(12)7(6-4-2-1-3-5-6)8(10(14)15)13-19(16,17)18/h1-5,9H,(H,14,15)(H3,13,16,17,18). The number of carboxylic acid groups (broad SMARTS) is 1. The molecule has 0 saturated carbocycles. The lowest BCUT2D eigenvalue weighted by Gasteiger charge is -2.14. The van der Waals surface area contributed by atoms with Crippen molar-refractivity contribution in [2.75, 3.05) is 0 Å². The van der Waals surface area contributed by atoms with Crippen LogP contribution in [-0.4, -0.2) is 27.3 Å². The molecule has 0 aliphatic heterocycles. The van der Waals surface area contributed by atoms with Gasteiger partial charge in [-0.1, -0.05) is 30.3 Å². The lowest BCUT2D eigenvalue weighted by molar-refractivity contribution is -0.132. The van der Waals surface area contributed by atoms with Crippen LogP contribution in [0.3, 0.4) is 0 Å². The summed E-state index contributed by atoms with van der Waals surface area (Å²) in [5.74, 6) is -1.89. The van der Waals surface area contributed by atoms with Crippen molar-refractivity contribution in [1.82, 2.24) is 5.09 Å². The van der Waals surface area contributed by atoms with Gasteiger partial charge < -0.3 is 14.9 Å². The fourth-order valence-electron chi connectivity index (χ4n) is 1.37. The number of aliphatic carboxylic acids is 1. The summed E-state index contributed by atoms with van der Waals surface area (Å²) in [7, 11) is -5.01. The summed E-state index contributed by atoms with van der Waals surface area (Å²) >= 11 is 0. The molecular formula is C10H10F2NO5P. The van der Waals surface area contributed by atoms with Gasteiger partial charge in [0.15, 0.2) is 0 Å². The molecular weight excluding hydrogens is 283 g/mol. The highest BCUT2D eigenvalue weighted by atomic mass is 31.2. The fourth-order valence-corrected chi connectivity index (χ4v) is 1.87. The number of hydrogen-bond acceptors (Lipinski definition) is 2. The van der Waals surface area contributed by atoms with Crippen LogP contribution in [0.2, 0.25) is 0 Å². The molecule has 0 atom stereocenters. The minimum absolute atomic E-state index is 0.143. The number of carbonyl (C=O) groups is 1. The number of carboxylic acids is 1. The number of alkyl halides is 2. The van der Waals surface area contributed by atoms with Crippen LogP contribution >= 0.6 is 7.75 Å². The predicted octanol–water partition coefficient (Wildman–Crippen LogP) is 1.43. The summed E-state index contributed by atoms with van der Waals surface area (Å²) in [5, 5.41) is 10.1. The molecule has 1 rings (SSSR count). The van der Waals surface area contributed by atoms with Crippen LogP contribution in [0.4, 0.5) is 8.78 Å². The van der Waals surface area contributed by atoms with E-state index in [0.29, 0.717) is 0 Å². The van der Waals surface area contributed by atoms with Gasteiger partial charge in [0.25, 0.3) is 6.43 Å². The first-order valence-corrected chi connectivity index (χ1v) is 6.48. The van der Waals surface area contributed by atoms with Crippen LogP contribution in [0.5, 0.6) is 0 Å². The van der Waals surface area contributed by atoms with Crippen molar-refractivity contribution in [3.63, 3.8) is 0 Å². The Labute approximate surface area is 106 Å². The SMILES string of the molecule is O=C(O)C(NP(=O)(O)O)=C(c1ccccc1)C(F)F. The predicted molar refractivity (Wildman–Crippen MR) is 62.2 cm³/mol. The summed E-state index contributed by atoms with van der Waals surface area (Å²) in [4.78, 5) is 28.2. The van der Waals surface area contributed by atoms with Gasteiger partial charge in [0, 0.05) is 0 Å². The van der Waals surface area contributed by atoms with Crippen LogP contribution in [-0.2, 0) is 9.36 Å². The maximum atomic E-state index is 13.0. The van der Waals surface area contributed by atoms with E-state index in [1.807, 2.05) is 0 Å². The van der Waals surface area contributed by atoms with E-state index >= 15 is 0 Å². The second kappa shape index (κ2) is 5.92. The second-order valence-electron chi connectivity index (χ2n) is 3.42. The Balaban J connectivity index is 3.44. The molecule has 0 aliphatic carbocycles. The average molecular weight is 293 g/mol. The molecule has 0 amide bonds. The van der Waals surface area contributed by atoms with E-state index < -0.39 is 31.4 Å². The average Bonchev–Trinajstić information content (AvgIpc) is 2.27. The maximum absolute atomic E-state index is 13.0. The van der Waals surface area contributed by atoms with Crippen LogP contribution in [0.15, 0.2) is 36.0 Å². The minimum atomic E-state index is -5.01. The lowest BCUT2D eigenvalue weighted by Crippen LogP contribution is -2.21.